The number of hydrogen-bond donors (Lipinski definition) is 1. The number of anilines is 2. The maximum absolute atomic E-state index is 12.4. The Morgan fingerprint density at radius 2 is 1.92 bits per heavy atom. The fraction of sp³-hybridized carbons (Fsp3) is 0.316. The highest BCUT2D eigenvalue weighted by Gasteiger charge is 2.26. The molecule has 0 aliphatic carbocycles. The van der Waals surface area contributed by atoms with Gasteiger partial charge in [0.05, 0.1) is 18.6 Å². The van der Waals surface area contributed by atoms with Crippen LogP contribution in [0.4, 0.5) is 11.4 Å². The van der Waals surface area contributed by atoms with Crippen molar-refractivity contribution >= 4 is 27.3 Å². The van der Waals surface area contributed by atoms with Gasteiger partial charge in [-0.15, -0.1) is 0 Å². The van der Waals surface area contributed by atoms with E-state index in [0.29, 0.717) is 29.2 Å². The van der Waals surface area contributed by atoms with E-state index < -0.39 is 10.0 Å². The van der Waals surface area contributed by atoms with E-state index in [2.05, 4.69) is 5.32 Å². The van der Waals surface area contributed by atoms with Crippen LogP contribution in [-0.4, -0.2) is 33.7 Å². The summed E-state index contributed by atoms with van der Waals surface area (Å²) >= 11 is 0. The Bertz CT molecular complexity index is 908. The molecule has 1 N–H and O–H groups in total. The van der Waals surface area contributed by atoms with E-state index in [0.717, 1.165) is 18.4 Å². The van der Waals surface area contributed by atoms with Crippen LogP contribution in [0.2, 0.25) is 0 Å². The molecule has 1 aliphatic heterocycles. The highest BCUT2D eigenvalue weighted by molar-refractivity contribution is 7.92. The Balaban J connectivity index is 1.85. The van der Waals surface area contributed by atoms with Gasteiger partial charge in [-0.3, -0.25) is 9.10 Å². The van der Waals surface area contributed by atoms with E-state index in [1.165, 1.54) is 4.31 Å². The van der Waals surface area contributed by atoms with Crippen molar-refractivity contribution in [3.63, 3.8) is 0 Å². The molecule has 2 aromatic rings. The minimum absolute atomic E-state index is 0.0505. The number of rotatable bonds is 5. The zero-order valence-electron chi connectivity index (χ0n) is 14.9. The first-order valence-electron chi connectivity index (χ1n) is 8.53. The van der Waals surface area contributed by atoms with E-state index in [4.69, 9.17) is 4.74 Å². The fourth-order valence-electron chi connectivity index (χ4n) is 3.01. The first-order chi connectivity index (χ1) is 12.4. The molecule has 0 atom stereocenters. The second-order valence-electron chi connectivity index (χ2n) is 6.10. The zero-order valence-corrected chi connectivity index (χ0v) is 15.7. The van der Waals surface area contributed by atoms with Crippen LogP contribution < -0.4 is 14.4 Å². The van der Waals surface area contributed by atoms with Crippen LogP contribution in [0.25, 0.3) is 0 Å². The lowest BCUT2D eigenvalue weighted by atomic mass is 10.0. The van der Waals surface area contributed by atoms with Crippen molar-refractivity contribution < 1.29 is 17.9 Å². The lowest BCUT2D eigenvalue weighted by Crippen LogP contribution is -2.36. The minimum atomic E-state index is -3.33. The summed E-state index contributed by atoms with van der Waals surface area (Å²) in [5.74, 6) is 0.471. The van der Waals surface area contributed by atoms with Crippen LogP contribution in [-0.2, 0) is 16.4 Å². The number of ether oxygens (including phenoxy) is 1. The summed E-state index contributed by atoms with van der Waals surface area (Å²) in [6.45, 7) is 2.11. The molecule has 1 heterocycles. The van der Waals surface area contributed by atoms with Gasteiger partial charge in [0.1, 0.15) is 5.75 Å². The molecule has 0 bridgehead atoms. The van der Waals surface area contributed by atoms with Crippen LogP contribution in [0.3, 0.4) is 0 Å². The van der Waals surface area contributed by atoms with Gasteiger partial charge >= 0.3 is 0 Å². The number of nitrogens with zero attached hydrogens (tertiary/aromatic N) is 1. The molecule has 1 amide bonds. The lowest BCUT2D eigenvalue weighted by molar-refractivity contribution is 0.102. The summed E-state index contributed by atoms with van der Waals surface area (Å²) in [5.41, 5.74) is 2.71. The van der Waals surface area contributed by atoms with E-state index in [-0.39, 0.29) is 11.7 Å². The SMILES string of the molecule is CCS(=O)(=O)N1CCCc2ccc(NC(=O)c3ccc(OC)cc3)cc21. The van der Waals surface area contributed by atoms with Crippen LogP contribution in [0.15, 0.2) is 42.5 Å². The van der Waals surface area contributed by atoms with Gasteiger partial charge in [-0.05, 0) is 61.7 Å². The number of methoxy groups -OCH3 is 1. The molecular formula is C19H22N2O4S. The summed E-state index contributed by atoms with van der Waals surface area (Å²) in [7, 11) is -1.77. The van der Waals surface area contributed by atoms with Gasteiger partial charge in [-0.1, -0.05) is 6.07 Å². The van der Waals surface area contributed by atoms with Gasteiger partial charge in [0, 0.05) is 17.8 Å². The van der Waals surface area contributed by atoms with Crippen molar-refractivity contribution in [1.82, 2.24) is 0 Å². The quantitative estimate of drug-likeness (QED) is 0.873. The van der Waals surface area contributed by atoms with Crippen LogP contribution >= 0.6 is 0 Å². The number of amides is 1. The van der Waals surface area contributed by atoms with Crippen LogP contribution in [0.5, 0.6) is 5.75 Å². The minimum Gasteiger partial charge on any atom is -0.497 e. The van der Waals surface area contributed by atoms with Gasteiger partial charge in [0.2, 0.25) is 10.0 Å². The molecule has 6 nitrogen and oxygen atoms in total. The summed E-state index contributed by atoms with van der Waals surface area (Å²) in [6.07, 6.45) is 1.63. The monoisotopic (exact) mass is 374 g/mol. The highest BCUT2D eigenvalue weighted by Crippen LogP contribution is 2.32. The molecule has 0 aromatic heterocycles. The zero-order chi connectivity index (χ0) is 18.7. The molecule has 0 saturated carbocycles. The van der Waals surface area contributed by atoms with Crippen LogP contribution in [0.1, 0.15) is 29.3 Å². The van der Waals surface area contributed by atoms with Gasteiger partial charge in [-0.2, -0.15) is 0 Å². The Hall–Kier alpha value is -2.54. The smallest absolute Gasteiger partial charge is 0.255 e. The third kappa shape index (κ3) is 3.67. The maximum atomic E-state index is 12.4. The van der Waals surface area contributed by atoms with Gasteiger partial charge < -0.3 is 10.1 Å². The molecule has 138 valence electrons. The Morgan fingerprint density at radius 3 is 2.58 bits per heavy atom. The summed E-state index contributed by atoms with van der Waals surface area (Å²) in [5, 5.41) is 2.83. The predicted molar refractivity (Wildman–Crippen MR) is 103 cm³/mol. The Labute approximate surface area is 153 Å². The second kappa shape index (κ2) is 7.37. The summed E-state index contributed by atoms with van der Waals surface area (Å²) in [4.78, 5) is 12.4. The molecule has 0 spiro atoms. The van der Waals surface area contributed by atoms with Gasteiger partial charge in [0.15, 0.2) is 0 Å². The van der Waals surface area contributed by atoms with Crippen molar-refractivity contribution in [2.24, 2.45) is 0 Å². The number of carbonyl (C=O) groups is 1. The average Bonchev–Trinajstić information content (AvgIpc) is 2.67. The highest BCUT2D eigenvalue weighted by atomic mass is 32.2. The first-order valence-corrected chi connectivity index (χ1v) is 10.1. The van der Waals surface area contributed by atoms with Crippen molar-refractivity contribution in [2.75, 3.05) is 29.0 Å². The third-order valence-corrected chi connectivity index (χ3v) is 6.25. The topological polar surface area (TPSA) is 75.7 Å². The lowest BCUT2D eigenvalue weighted by Gasteiger charge is -2.30. The van der Waals surface area contributed by atoms with E-state index >= 15 is 0 Å². The number of benzene rings is 2. The second-order valence-corrected chi connectivity index (χ2v) is 8.28. The molecule has 26 heavy (non-hydrogen) atoms. The van der Waals surface area contributed by atoms with E-state index in [1.807, 2.05) is 12.1 Å². The Morgan fingerprint density at radius 1 is 1.19 bits per heavy atom. The van der Waals surface area contributed by atoms with E-state index in [1.54, 1.807) is 44.4 Å². The first kappa shape index (κ1) is 18.3. The predicted octanol–water partition coefficient (Wildman–Crippen LogP) is 3.05. The average molecular weight is 374 g/mol. The fourth-order valence-corrected chi connectivity index (χ4v) is 4.20. The third-order valence-electron chi connectivity index (χ3n) is 4.47. The number of aryl methyl sites for hydroxylation is 1. The molecule has 3 rings (SSSR count). The van der Waals surface area contributed by atoms with Crippen molar-refractivity contribution in [3.8, 4) is 5.75 Å². The molecular weight excluding hydrogens is 352 g/mol. The maximum Gasteiger partial charge on any atom is 0.255 e. The largest absolute Gasteiger partial charge is 0.497 e. The number of fused-ring (bicyclic) bond motifs is 1. The van der Waals surface area contributed by atoms with Crippen molar-refractivity contribution in [1.29, 1.82) is 0 Å². The number of carbonyl (C=O) groups excluding carboxylic acids is 1. The summed E-state index contributed by atoms with van der Waals surface area (Å²) in [6, 6.07) is 12.2. The normalized spacial score (nSPS) is 13.8. The number of hydrogen-bond acceptors (Lipinski definition) is 4. The standard InChI is InChI=1S/C19H22N2O4S/c1-3-26(23,24)21-12-4-5-14-6-9-16(13-18(14)21)20-19(22)15-7-10-17(25-2)11-8-15/h6-11,13H,3-5,12H2,1-2H3,(H,20,22). The molecule has 7 heteroatoms. The molecule has 2 aromatic carbocycles. The Kier molecular flexibility index (Phi) is 5.18. The number of nitrogens with one attached hydrogen (secondary N) is 1. The van der Waals surface area contributed by atoms with Gasteiger partial charge in [0.25, 0.3) is 5.91 Å². The van der Waals surface area contributed by atoms with Crippen molar-refractivity contribution in [2.45, 2.75) is 19.8 Å². The van der Waals surface area contributed by atoms with Crippen molar-refractivity contribution in [3.05, 3.63) is 53.6 Å². The molecule has 0 radical (unpaired) electrons. The molecule has 0 saturated heterocycles. The molecule has 0 unspecified atom stereocenters. The van der Waals surface area contributed by atoms with E-state index in [9.17, 15) is 13.2 Å². The molecule has 0 fully saturated rings. The van der Waals surface area contributed by atoms with Crippen LogP contribution in [0, 0.1) is 0 Å². The summed E-state index contributed by atoms with van der Waals surface area (Å²) < 4.78 is 31.3. The molecule has 1 aliphatic rings. The number of sulfonamides is 1. The van der Waals surface area contributed by atoms with Gasteiger partial charge in [-0.25, -0.2) is 8.42 Å².